The molecule has 0 saturated carbocycles. The van der Waals surface area contributed by atoms with Gasteiger partial charge in [0.1, 0.15) is 27.9 Å². The number of ketones is 1. The van der Waals surface area contributed by atoms with Crippen LogP contribution >= 0.6 is 11.3 Å². The summed E-state index contributed by atoms with van der Waals surface area (Å²) >= 11 is 1.37. The topological polar surface area (TPSA) is 48.4 Å². The van der Waals surface area contributed by atoms with Crippen LogP contribution in [0.4, 0.5) is 0 Å². The summed E-state index contributed by atoms with van der Waals surface area (Å²) in [5, 5.41) is 0.523. The van der Waals surface area contributed by atoms with Crippen molar-refractivity contribution < 1.29 is 14.3 Å². The summed E-state index contributed by atoms with van der Waals surface area (Å²) in [7, 11) is 0. The normalized spacial score (nSPS) is 11.2. The Balaban J connectivity index is 1.59. The Morgan fingerprint density at radius 2 is 1.67 bits per heavy atom. The van der Waals surface area contributed by atoms with Gasteiger partial charge in [0.25, 0.3) is 5.19 Å². The summed E-state index contributed by atoms with van der Waals surface area (Å²) in [5.41, 5.74) is 0. The Kier molecular flexibility index (Phi) is 6.24. The van der Waals surface area contributed by atoms with Crippen LogP contribution in [0.5, 0.6) is 22.4 Å². The first-order chi connectivity index (χ1) is 13.1. The molecule has 0 aliphatic carbocycles. The molecule has 1 aromatic heterocycles. The van der Waals surface area contributed by atoms with E-state index in [4.69, 9.17) is 9.47 Å². The number of rotatable bonds is 6. The van der Waals surface area contributed by atoms with Crippen molar-refractivity contribution >= 4 is 17.1 Å². The van der Waals surface area contributed by atoms with Gasteiger partial charge in [-0.2, -0.15) is 0 Å². The molecule has 1 unspecified atom stereocenters. The van der Waals surface area contributed by atoms with Crippen molar-refractivity contribution in [2.45, 2.75) is 20.3 Å². The molecule has 5 heteroatoms. The fourth-order valence-corrected chi connectivity index (χ4v) is 2.99. The van der Waals surface area contributed by atoms with E-state index in [1.807, 2.05) is 61.5 Å². The van der Waals surface area contributed by atoms with Crippen molar-refractivity contribution in [2.75, 3.05) is 0 Å². The fourth-order valence-electron chi connectivity index (χ4n) is 2.34. The first-order valence-electron chi connectivity index (χ1n) is 8.56. The lowest BCUT2D eigenvalue weighted by Crippen LogP contribution is -1.98. The van der Waals surface area contributed by atoms with Gasteiger partial charge in [-0.3, -0.25) is 4.79 Å². The molecule has 0 aliphatic heterocycles. The number of aromatic nitrogens is 1. The minimum Gasteiger partial charge on any atom is -0.457 e. The van der Waals surface area contributed by atoms with Gasteiger partial charge in [-0.15, -0.1) is 0 Å². The second-order valence-electron chi connectivity index (χ2n) is 6.06. The Labute approximate surface area is 162 Å². The molecule has 0 fully saturated rings. The highest BCUT2D eigenvalue weighted by Gasteiger charge is 2.05. The average molecular weight is 377 g/mol. The van der Waals surface area contributed by atoms with Crippen molar-refractivity contribution in [1.29, 1.82) is 0 Å². The second kappa shape index (κ2) is 9.02. The fraction of sp³-hybridized carbons (Fsp3) is 0.182. The van der Waals surface area contributed by atoms with Crippen LogP contribution in [0.15, 0.2) is 60.8 Å². The molecule has 2 aromatic carbocycles. The molecule has 3 aromatic rings. The molecule has 0 aliphatic rings. The van der Waals surface area contributed by atoms with Gasteiger partial charge in [-0.25, -0.2) is 4.98 Å². The van der Waals surface area contributed by atoms with Crippen LogP contribution in [0.2, 0.25) is 0 Å². The number of thiazole rings is 1. The lowest BCUT2D eigenvalue weighted by Gasteiger charge is -2.06. The van der Waals surface area contributed by atoms with E-state index in [0.29, 0.717) is 17.4 Å². The van der Waals surface area contributed by atoms with Crippen LogP contribution in [0.25, 0.3) is 0 Å². The Morgan fingerprint density at radius 3 is 2.33 bits per heavy atom. The second-order valence-corrected chi connectivity index (χ2v) is 7.05. The number of carbonyl (C=O) groups excluding carboxylic acids is 1. The molecule has 0 saturated heterocycles. The Morgan fingerprint density at radius 1 is 1.04 bits per heavy atom. The molecular formula is C22H19NO3S. The first-order valence-corrected chi connectivity index (χ1v) is 9.38. The zero-order valence-electron chi connectivity index (χ0n) is 15.1. The van der Waals surface area contributed by atoms with E-state index in [1.54, 1.807) is 13.1 Å². The minimum absolute atomic E-state index is 0.0335. The number of Topliss-reactive ketones (excluding diaryl/α,β-unsaturated/α-hetero) is 1. The highest BCUT2D eigenvalue weighted by molar-refractivity contribution is 7.13. The van der Waals surface area contributed by atoms with Crippen LogP contribution in [-0.4, -0.2) is 10.8 Å². The molecular weight excluding hydrogens is 358 g/mol. The van der Waals surface area contributed by atoms with E-state index in [-0.39, 0.29) is 11.7 Å². The van der Waals surface area contributed by atoms with Crippen molar-refractivity contribution in [3.8, 4) is 34.3 Å². The predicted octanol–water partition coefficient (Wildman–Crippen LogP) is 5.69. The molecule has 1 heterocycles. The smallest absolute Gasteiger partial charge is 0.279 e. The van der Waals surface area contributed by atoms with Gasteiger partial charge in [0.2, 0.25) is 0 Å². The number of para-hydroxylation sites is 1. The number of nitrogens with zero attached hydrogens (tertiary/aromatic N) is 1. The molecule has 4 nitrogen and oxygen atoms in total. The average Bonchev–Trinajstić information content (AvgIpc) is 3.09. The van der Waals surface area contributed by atoms with Crippen LogP contribution in [0.3, 0.4) is 0 Å². The van der Waals surface area contributed by atoms with Crippen LogP contribution < -0.4 is 9.47 Å². The van der Waals surface area contributed by atoms with E-state index >= 15 is 0 Å². The summed E-state index contributed by atoms with van der Waals surface area (Å²) < 4.78 is 11.5. The third-order valence-electron chi connectivity index (χ3n) is 3.53. The zero-order valence-corrected chi connectivity index (χ0v) is 16.0. The Bertz CT molecular complexity index is 952. The van der Waals surface area contributed by atoms with Gasteiger partial charge < -0.3 is 9.47 Å². The first kappa shape index (κ1) is 18.7. The lowest BCUT2D eigenvalue weighted by molar-refractivity contribution is -0.117. The van der Waals surface area contributed by atoms with Gasteiger partial charge in [0.05, 0.1) is 6.20 Å². The molecule has 0 N–H and O–H groups in total. The third kappa shape index (κ3) is 5.98. The van der Waals surface area contributed by atoms with Crippen molar-refractivity contribution in [2.24, 2.45) is 5.92 Å². The van der Waals surface area contributed by atoms with E-state index in [1.165, 1.54) is 11.3 Å². The van der Waals surface area contributed by atoms with Gasteiger partial charge >= 0.3 is 0 Å². The summed E-state index contributed by atoms with van der Waals surface area (Å²) in [4.78, 5) is 16.1. The number of hydrogen-bond donors (Lipinski definition) is 0. The molecule has 1 atom stereocenters. The van der Waals surface area contributed by atoms with Gasteiger partial charge in [-0.05, 0) is 43.3 Å². The van der Waals surface area contributed by atoms with E-state index in [2.05, 4.69) is 16.8 Å². The maximum absolute atomic E-state index is 11.1. The van der Waals surface area contributed by atoms with E-state index < -0.39 is 0 Å². The monoisotopic (exact) mass is 377 g/mol. The van der Waals surface area contributed by atoms with E-state index in [0.717, 1.165) is 16.4 Å². The standard InChI is InChI=1S/C22H19NO3S/c1-16(14-17(2)24)8-13-21-15-23-22(27-21)26-20-11-9-19(10-12-20)25-18-6-4-3-5-7-18/h3-7,9-12,15-16H,14H2,1-2H3. The number of carbonyl (C=O) groups is 1. The quantitative estimate of drug-likeness (QED) is 0.518. The van der Waals surface area contributed by atoms with Crippen LogP contribution in [0, 0.1) is 17.8 Å². The maximum atomic E-state index is 11.1. The largest absolute Gasteiger partial charge is 0.457 e. The van der Waals surface area contributed by atoms with Crippen molar-refractivity contribution in [3.05, 3.63) is 65.7 Å². The van der Waals surface area contributed by atoms with Crippen molar-refractivity contribution in [3.63, 3.8) is 0 Å². The zero-order chi connectivity index (χ0) is 19.1. The lowest BCUT2D eigenvalue weighted by atomic mass is 10.1. The summed E-state index contributed by atoms with van der Waals surface area (Å²) in [6.07, 6.45) is 2.15. The van der Waals surface area contributed by atoms with Crippen LogP contribution in [0.1, 0.15) is 25.1 Å². The summed E-state index contributed by atoms with van der Waals surface area (Å²) in [6.45, 7) is 3.51. The molecule has 0 bridgehead atoms. The van der Waals surface area contributed by atoms with Crippen LogP contribution in [-0.2, 0) is 4.79 Å². The summed E-state index contributed by atoms with van der Waals surface area (Å²) in [5.74, 6) is 8.48. The third-order valence-corrected chi connectivity index (χ3v) is 4.32. The number of hydrogen-bond acceptors (Lipinski definition) is 5. The number of ether oxygens (including phenoxy) is 2. The Hall–Kier alpha value is -3.10. The molecule has 0 spiro atoms. The highest BCUT2D eigenvalue weighted by atomic mass is 32.1. The highest BCUT2D eigenvalue weighted by Crippen LogP contribution is 2.29. The SMILES string of the molecule is CC(=O)CC(C)C#Cc1cnc(Oc2ccc(Oc3ccccc3)cc2)s1. The van der Waals surface area contributed by atoms with Gasteiger partial charge in [0.15, 0.2) is 0 Å². The van der Waals surface area contributed by atoms with Gasteiger partial charge in [0, 0.05) is 12.3 Å². The van der Waals surface area contributed by atoms with Gasteiger partial charge in [-0.1, -0.05) is 48.3 Å². The molecule has 0 amide bonds. The predicted molar refractivity (Wildman–Crippen MR) is 106 cm³/mol. The molecule has 27 heavy (non-hydrogen) atoms. The molecule has 0 radical (unpaired) electrons. The maximum Gasteiger partial charge on any atom is 0.279 e. The summed E-state index contributed by atoms with van der Waals surface area (Å²) in [6, 6.07) is 17.0. The minimum atomic E-state index is 0.0335. The van der Waals surface area contributed by atoms with E-state index in [9.17, 15) is 4.79 Å². The number of benzene rings is 2. The molecule has 136 valence electrons. The molecule has 3 rings (SSSR count). The van der Waals surface area contributed by atoms with Crippen molar-refractivity contribution in [1.82, 2.24) is 4.98 Å².